The van der Waals surface area contributed by atoms with Crippen LogP contribution in [0.5, 0.6) is 0 Å². The molecule has 1 heteroatoms. The average molecular weight is 263 g/mol. The molecule has 1 radical (unpaired) electrons. The van der Waals surface area contributed by atoms with Gasteiger partial charge in [-0.15, -0.1) is 13.2 Å². The summed E-state index contributed by atoms with van der Waals surface area (Å²) in [5, 5.41) is 2.87. The maximum Gasteiger partial charge on any atom is 0.103 e. The molecular weight excluding hydrogens is 244 g/mol. The predicted molar refractivity (Wildman–Crippen MR) is 87.1 cm³/mol. The molecular formula is C18H19Si. The first-order valence-corrected chi connectivity index (χ1v) is 7.71. The van der Waals surface area contributed by atoms with Crippen molar-refractivity contribution in [3.63, 3.8) is 0 Å². The number of hydrogen-bond donors (Lipinski definition) is 0. The van der Waals surface area contributed by atoms with Gasteiger partial charge in [0.25, 0.3) is 0 Å². The van der Waals surface area contributed by atoms with E-state index in [1.165, 1.54) is 21.5 Å². The minimum Gasteiger partial charge on any atom is -0.103 e. The van der Waals surface area contributed by atoms with Crippen LogP contribution in [0.4, 0.5) is 0 Å². The normalized spacial score (nSPS) is 10.1. The molecule has 0 fully saturated rings. The van der Waals surface area contributed by atoms with Crippen LogP contribution in [0.3, 0.4) is 0 Å². The van der Waals surface area contributed by atoms with Gasteiger partial charge in [0, 0.05) is 0 Å². The third-order valence-corrected chi connectivity index (χ3v) is 4.49. The molecule has 2 rings (SSSR count). The molecule has 0 heterocycles. The highest BCUT2D eigenvalue weighted by Crippen LogP contribution is 2.00. The van der Waals surface area contributed by atoms with E-state index >= 15 is 0 Å². The minimum atomic E-state index is 0.188. The maximum atomic E-state index is 3.77. The third kappa shape index (κ3) is 4.07. The molecule has 0 amide bonds. The molecule has 0 saturated carbocycles. The van der Waals surface area contributed by atoms with E-state index in [9.17, 15) is 0 Å². The Hall–Kier alpha value is -1.86. The Morgan fingerprint density at radius 2 is 1.05 bits per heavy atom. The second-order valence-corrected chi connectivity index (χ2v) is 6.24. The zero-order valence-corrected chi connectivity index (χ0v) is 12.3. The van der Waals surface area contributed by atoms with E-state index in [-0.39, 0.29) is 9.52 Å². The van der Waals surface area contributed by atoms with Crippen molar-refractivity contribution >= 4 is 19.9 Å². The van der Waals surface area contributed by atoms with Gasteiger partial charge in [0.1, 0.15) is 9.52 Å². The van der Waals surface area contributed by atoms with Crippen molar-refractivity contribution in [2.45, 2.75) is 12.8 Å². The van der Waals surface area contributed by atoms with E-state index < -0.39 is 0 Å². The smallest absolute Gasteiger partial charge is 0.103 e. The molecule has 0 bridgehead atoms. The fraction of sp³-hybridized carbons (Fsp3) is 0.111. The van der Waals surface area contributed by atoms with Crippen LogP contribution in [0.2, 0.25) is 0 Å². The molecule has 0 nitrogen and oxygen atoms in total. The quantitative estimate of drug-likeness (QED) is 0.555. The Morgan fingerprint density at radius 1 is 0.684 bits per heavy atom. The second kappa shape index (κ2) is 6.91. The summed E-state index contributed by atoms with van der Waals surface area (Å²) in [7, 11) is 0.188. The molecule has 2 aromatic carbocycles. The lowest BCUT2D eigenvalue weighted by molar-refractivity contribution is 1.28. The molecule has 95 valence electrons. The van der Waals surface area contributed by atoms with E-state index in [0.717, 1.165) is 12.8 Å². The van der Waals surface area contributed by atoms with Crippen LogP contribution in [0.15, 0.2) is 73.8 Å². The molecule has 0 aliphatic heterocycles. The Morgan fingerprint density at radius 3 is 1.37 bits per heavy atom. The van der Waals surface area contributed by atoms with E-state index in [1.807, 2.05) is 12.2 Å². The average Bonchev–Trinajstić information content (AvgIpc) is 2.44. The van der Waals surface area contributed by atoms with Crippen molar-refractivity contribution in [2.75, 3.05) is 0 Å². The van der Waals surface area contributed by atoms with Crippen LogP contribution in [0.1, 0.15) is 11.1 Å². The first-order chi connectivity index (χ1) is 9.31. The zero-order chi connectivity index (χ0) is 13.5. The minimum absolute atomic E-state index is 0.188. The highest BCUT2D eigenvalue weighted by molar-refractivity contribution is 6.67. The Labute approximate surface area is 118 Å². The number of allylic oxidation sites excluding steroid dienone is 2. The summed E-state index contributed by atoms with van der Waals surface area (Å²) >= 11 is 0. The predicted octanol–water partition coefficient (Wildman–Crippen LogP) is 2.53. The van der Waals surface area contributed by atoms with Crippen molar-refractivity contribution < 1.29 is 0 Å². The van der Waals surface area contributed by atoms with Gasteiger partial charge in [-0.2, -0.15) is 0 Å². The summed E-state index contributed by atoms with van der Waals surface area (Å²) in [6.07, 6.45) is 5.79. The van der Waals surface area contributed by atoms with Gasteiger partial charge >= 0.3 is 0 Å². The van der Waals surface area contributed by atoms with E-state index in [0.29, 0.717) is 0 Å². The van der Waals surface area contributed by atoms with Gasteiger partial charge in [0.15, 0.2) is 0 Å². The molecule has 0 aromatic heterocycles. The van der Waals surface area contributed by atoms with Gasteiger partial charge in [-0.25, -0.2) is 0 Å². The van der Waals surface area contributed by atoms with Crippen molar-refractivity contribution in [1.82, 2.24) is 0 Å². The highest BCUT2D eigenvalue weighted by Gasteiger charge is 1.98. The topological polar surface area (TPSA) is 0 Å². The molecule has 0 aliphatic carbocycles. The van der Waals surface area contributed by atoms with E-state index in [4.69, 9.17) is 0 Å². The molecule has 0 atom stereocenters. The number of benzene rings is 2. The summed E-state index contributed by atoms with van der Waals surface area (Å²) in [4.78, 5) is 0. The van der Waals surface area contributed by atoms with Gasteiger partial charge in [0.05, 0.1) is 0 Å². The van der Waals surface area contributed by atoms with Crippen LogP contribution < -0.4 is 10.4 Å². The second-order valence-electron chi connectivity index (χ2n) is 4.61. The fourth-order valence-electron chi connectivity index (χ4n) is 2.03. The summed E-state index contributed by atoms with van der Waals surface area (Å²) in [5.41, 5.74) is 2.67. The molecule has 0 spiro atoms. The lowest BCUT2D eigenvalue weighted by Gasteiger charge is -2.04. The van der Waals surface area contributed by atoms with Crippen LogP contribution in [0, 0.1) is 0 Å². The van der Waals surface area contributed by atoms with Crippen LogP contribution in [-0.4, -0.2) is 9.52 Å². The molecule has 2 aromatic rings. The monoisotopic (exact) mass is 263 g/mol. The largest absolute Gasteiger partial charge is 0.103 e. The van der Waals surface area contributed by atoms with Crippen LogP contribution in [0.25, 0.3) is 0 Å². The van der Waals surface area contributed by atoms with Crippen molar-refractivity contribution in [2.24, 2.45) is 0 Å². The molecule has 0 aliphatic rings. The van der Waals surface area contributed by atoms with Crippen LogP contribution >= 0.6 is 0 Å². The maximum absolute atomic E-state index is 3.77. The summed E-state index contributed by atoms with van der Waals surface area (Å²) in [5.74, 6) is 0. The van der Waals surface area contributed by atoms with Crippen molar-refractivity contribution in [3.8, 4) is 0 Å². The lowest BCUT2D eigenvalue weighted by atomic mass is 10.1. The van der Waals surface area contributed by atoms with Gasteiger partial charge < -0.3 is 0 Å². The Bertz CT molecular complexity index is 483. The summed E-state index contributed by atoms with van der Waals surface area (Å²) < 4.78 is 0. The Balaban J connectivity index is 2.03. The number of hydrogen-bond acceptors (Lipinski definition) is 0. The molecule has 19 heavy (non-hydrogen) atoms. The summed E-state index contributed by atoms with van der Waals surface area (Å²) in [6.45, 7) is 7.54. The van der Waals surface area contributed by atoms with Gasteiger partial charge in [-0.05, 0) is 24.0 Å². The van der Waals surface area contributed by atoms with Gasteiger partial charge in [-0.1, -0.05) is 71.1 Å². The fourth-order valence-corrected chi connectivity index (χ4v) is 3.18. The molecule has 0 saturated heterocycles. The number of rotatable bonds is 6. The molecule has 0 unspecified atom stereocenters. The van der Waals surface area contributed by atoms with Gasteiger partial charge in [0.2, 0.25) is 0 Å². The zero-order valence-electron chi connectivity index (χ0n) is 11.2. The summed E-state index contributed by atoms with van der Waals surface area (Å²) in [6, 6.07) is 17.8. The standard InChI is InChI=1S/C18H19Si/c1-3-5-15-7-11-17(12-8-15)19-18-13-9-16(6-4-2)10-14-18/h3-4,7-14,19H,1-2,5-6H2. The van der Waals surface area contributed by atoms with Crippen molar-refractivity contribution in [3.05, 3.63) is 85.0 Å². The van der Waals surface area contributed by atoms with Crippen molar-refractivity contribution in [1.29, 1.82) is 0 Å². The first-order valence-electron chi connectivity index (χ1n) is 6.56. The SMILES string of the molecule is C=CCc1ccc([SiH]c2ccc(CC=C)cc2)cc1. The Kier molecular flexibility index (Phi) is 4.93. The van der Waals surface area contributed by atoms with Gasteiger partial charge in [-0.3, -0.25) is 0 Å². The third-order valence-electron chi connectivity index (χ3n) is 3.05. The van der Waals surface area contributed by atoms with E-state index in [1.54, 1.807) is 0 Å². The lowest BCUT2D eigenvalue weighted by Crippen LogP contribution is -2.26. The van der Waals surface area contributed by atoms with Crippen LogP contribution in [-0.2, 0) is 12.8 Å². The highest BCUT2D eigenvalue weighted by atomic mass is 28.2. The van der Waals surface area contributed by atoms with E-state index in [2.05, 4.69) is 61.7 Å². The first kappa shape index (κ1) is 13.6. The molecule has 0 N–H and O–H groups in total.